The zero-order valence-electron chi connectivity index (χ0n) is 9.29. The van der Waals surface area contributed by atoms with E-state index >= 15 is 0 Å². The Bertz CT molecular complexity index is 295. The van der Waals surface area contributed by atoms with Crippen molar-refractivity contribution in [1.82, 2.24) is 0 Å². The molecule has 0 saturated heterocycles. The highest BCUT2D eigenvalue weighted by atomic mass is 79.9. The van der Waals surface area contributed by atoms with E-state index in [1.54, 1.807) is 0 Å². The Morgan fingerprint density at radius 3 is 2.47 bits per heavy atom. The van der Waals surface area contributed by atoms with Gasteiger partial charge in [0.25, 0.3) is 0 Å². The van der Waals surface area contributed by atoms with Crippen LogP contribution in [0.4, 0.5) is 0 Å². The Morgan fingerprint density at radius 2 is 1.93 bits per heavy atom. The molecule has 1 unspecified atom stereocenters. The minimum atomic E-state index is -0.213. The number of halogens is 1. The zero-order chi connectivity index (χ0) is 11.3. The predicted octanol–water partition coefficient (Wildman–Crippen LogP) is 3.09. The van der Waals surface area contributed by atoms with Crippen molar-refractivity contribution >= 4 is 15.9 Å². The molecular weight excluding hydrogens is 254 g/mol. The predicted molar refractivity (Wildman–Crippen MR) is 66.7 cm³/mol. The maximum absolute atomic E-state index is 5.97. The lowest BCUT2D eigenvalue weighted by atomic mass is 10.0. The molecule has 1 atom stereocenters. The van der Waals surface area contributed by atoms with Crippen molar-refractivity contribution in [3.63, 3.8) is 0 Å². The number of hydrogen-bond donors (Lipinski definition) is 1. The second-order valence-corrected chi connectivity index (χ2v) is 5.04. The summed E-state index contributed by atoms with van der Waals surface area (Å²) in [4.78, 5) is 0. The van der Waals surface area contributed by atoms with Gasteiger partial charge in [-0.1, -0.05) is 35.0 Å². The van der Waals surface area contributed by atoms with Crippen LogP contribution in [0.3, 0.4) is 0 Å². The molecule has 0 bridgehead atoms. The van der Waals surface area contributed by atoms with Gasteiger partial charge in [0.2, 0.25) is 0 Å². The number of nitrogens with two attached hydrogens (primary N) is 1. The molecule has 0 aliphatic rings. The maximum atomic E-state index is 5.97. The van der Waals surface area contributed by atoms with Gasteiger partial charge in [0.1, 0.15) is 0 Å². The maximum Gasteiger partial charge on any atom is 0.0717 e. The van der Waals surface area contributed by atoms with Crippen molar-refractivity contribution in [2.75, 3.05) is 6.61 Å². The van der Waals surface area contributed by atoms with Crippen LogP contribution in [0, 0.1) is 0 Å². The first-order chi connectivity index (χ1) is 7.03. The van der Waals surface area contributed by atoms with Gasteiger partial charge in [-0.05, 0) is 31.0 Å². The SMILES string of the molecule is CCC(C)(N)COCc1ccc(Br)cc1. The van der Waals surface area contributed by atoms with E-state index in [1.807, 2.05) is 31.2 Å². The van der Waals surface area contributed by atoms with Gasteiger partial charge < -0.3 is 10.5 Å². The molecule has 0 spiro atoms. The third-order valence-corrected chi connectivity index (χ3v) is 2.95. The smallest absolute Gasteiger partial charge is 0.0717 e. The second kappa shape index (κ2) is 5.64. The molecule has 0 aliphatic carbocycles. The number of ether oxygens (including phenoxy) is 1. The van der Waals surface area contributed by atoms with E-state index in [-0.39, 0.29) is 5.54 Å². The molecule has 0 amide bonds. The molecule has 1 aromatic carbocycles. The monoisotopic (exact) mass is 271 g/mol. The van der Waals surface area contributed by atoms with Crippen LogP contribution in [0.5, 0.6) is 0 Å². The molecule has 3 heteroatoms. The molecule has 0 aromatic heterocycles. The van der Waals surface area contributed by atoms with Gasteiger partial charge in [-0.3, -0.25) is 0 Å². The molecule has 15 heavy (non-hydrogen) atoms. The number of hydrogen-bond acceptors (Lipinski definition) is 2. The summed E-state index contributed by atoms with van der Waals surface area (Å²) in [5.41, 5.74) is 6.93. The molecule has 2 nitrogen and oxygen atoms in total. The van der Waals surface area contributed by atoms with Gasteiger partial charge >= 0.3 is 0 Å². The van der Waals surface area contributed by atoms with E-state index in [0.29, 0.717) is 13.2 Å². The molecule has 1 aromatic rings. The lowest BCUT2D eigenvalue weighted by molar-refractivity contribution is 0.0777. The van der Waals surface area contributed by atoms with E-state index in [0.717, 1.165) is 10.9 Å². The molecule has 0 heterocycles. The van der Waals surface area contributed by atoms with E-state index in [1.165, 1.54) is 5.56 Å². The second-order valence-electron chi connectivity index (χ2n) is 4.13. The number of rotatable bonds is 5. The van der Waals surface area contributed by atoms with E-state index in [4.69, 9.17) is 10.5 Å². The Balaban J connectivity index is 2.35. The fourth-order valence-electron chi connectivity index (χ4n) is 1.08. The van der Waals surface area contributed by atoms with Crippen LogP contribution in [0.15, 0.2) is 28.7 Å². The summed E-state index contributed by atoms with van der Waals surface area (Å²) in [7, 11) is 0. The molecular formula is C12H18BrNO. The van der Waals surface area contributed by atoms with Crippen LogP contribution in [0.2, 0.25) is 0 Å². The molecule has 0 fully saturated rings. The van der Waals surface area contributed by atoms with Gasteiger partial charge in [-0.2, -0.15) is 0 Å². The molecule has 84 valence electrons. The van der Waals surface area contributed by atoms with Crippen LogP contribution in [0.1, 0.15) is 25.8 Å². The van der Waals surface area contributed by atoms with Crippen molar-refractivity contribution in [3.8, 4) is 0 Å². The highest BCUT2D eigenvalue weighted by Crippen LogP contribution is 2.12. The Morgan fingerprint density at radius 1 is 1.33 bits per heavy atom. The Labute approximate surface area is 99.9 Å². The first-order valence-corrected chi connectivity index (χ1v) is 5.94. The quantitative estimate of drug-likeness (QED) is 0.894. The third-order valence-electron chi connectivity index (χ3n) is 2.42. The van der Waals surface area contributed by atoms with Gasteiger partial charge in [-0.15, -0.1) is 0 Å². The van der Waals surface area contributed by atoms with Crippen molar-refractivity contribution in [1.29, 1.82) is 0 Å². The number of benzene rings is 1. The van der Waals surface area contributed by atoms with E-state index < -0.39 is 0 Å². The standard InChI is InChI=1S/C12H18BrNO/c1-3-12(2,14)9-15-8-10-4-6-11(13)7-5-10/h4-7H,3,8-9,14H2,1-2H3. The molecule has 0 saturated carbocycles. The zero-order valence-corrected chi connectivity index (χ0v) is 10.9. The first kappa shape index (κ1) is 12.7. The Kier molecular flexibility index (Phi) is 4.77. The van der Waals surface area contributed by atoms with Crippen LogP contribution >= 0.6 is 15.9 Å². The van der Waals surface area contributed by atoms with Crippen molar-refractivity contribution in [3.05, 3.63) is 34.3 Å². The van der Waals surface area contributed by atoms with Crippen molar-refractivity contribution < 1.29 is 4.74 Å². The van der Waals surface area contributed by atoms with Gasteiger partial charge in [0, 0.05) is 10.0 Å². The molecule has 2 N–H and O–H groups in total. The minimum absolute atomic E-state index is 0.213. The van der Waals surface area contributed by atoms with E-state index in [9.17, 15) is 0 Å². The van der Waals surface area contributed by atoms with Gasteiger partial charge in [-0.25, -0.2) is 0 Å². The fraction of sp³-hybridized carbons (Fsp3) is 0.500. The average molecular weight is 272 g/mol. The minimum Gasteiger partial charge on any atom is -0.375 e. The fourth-order valence-corrected chi connectivity index (χ4v) is 1.35. The summed E-state index contributed by atoms with van der Waals surface area (Å²) in [6, 6.07) is 8.12. The highest BCUT2D eigenvalue weighted by Gasteiger charge is 2.15. The van der Waals surface area contributed by atoms with Crippen LogP contribution in [-0.2, 0) is 11.3 Å². The Hall–Kier alpha value is -0.380. The average Bonchev–Trinajstić information content (AvgIpc) is 2.21. The van der Waals surface area contributed by atoms with Crippen LogP contribution < -0.4 is 5.73 Å². The summed E-state index contributed by atoms with van der Waals surface area (Å²) < 4.78 is 6.66. The van der Waals surface area contributed by atoms with Crippen molar-refractivity contribution in [2.45, 2.75) is 32.4 Å². The van der Waals surface area contributed by atoms with Crippen molar-refractivity contribution in [2.24, 2.45) is 5.73 Å². The van der Waals surface area contributed by atoms with E-state index in [2.05, 4.69) is 22.9 Å². The lowest BCUT2D eigenvalue weighted by Gasteiger charge is -2.22. The summed E-state index contributed by atoms with van der Waals surface area (Å²) in [6.07, 6.45) is 0.924. The summed E-state index contributed by atoms with van der Waals surface area (Å²) in [6.45, 7) is 5.30. The summed E-state index contributed by atoms with van der Waals surface area (Å²) in [5, 5.41) is 0. The molecule has 0 aliphatic heterocycles. The normalized spacial score (nSPS) is 14.9. The van der Waals surface area contributed by atoms with Crippen LogP contribution in [-0.4, -0.2) is 12.1 Å². The molecule has 0 radical (unpaired) electrons. The molecule has 1 rings (SSSR count). The van der Waals surface area contributed by atoms with Crippen LogP contribution in [0.25, 0.3) is 0 Å². The lowest BCUT2D eigenvalue weighted by Crippen LogP contribution is -2.40. The first-order valence-electron chi connectivity index (χ1n) is 5.14. The summed E-state index contributed by atoms with van der Waals surface area (Å²) >= 11 is 3.40. The highest BCUT2D eigenvalue weighted by molar-refractivity contribution is 9.10. The third kappa shape index (κ3) is 4.78. The van der Waals surface area contributed by atoms with Gasteiger partial charge in [0.15, 0.2) is 0 Å². The topological polar surface area (TPSA) is 35.2 Å². The summed E-state index contributed by atoms with van der Waals surface area (Å²) in [5.74, 6) is 0. The largest absolute Gasteiger partial charge is 0.375 e. The van der Waals surface area contributed by atoms with Gasteiger partial charge in [0.05, 0.1) is 13.2 Å².